The fourth-order valence-electron chi connectivity index (χ4n) is 1.74. The van der Waals surface area contributed by atoms with Crippen molar-refractivity contribution < 1.29 is 14.3 Å². The number of hydrogen-bond donors (Lipinski definition) is 1. The van der Waals surface area contributed by atoms with E-state index in [2.05, 4.69) is 4.98 Å². The first kappa shape index (κ1) is 11.4. The van der Waals surface area contributed by atoms with Crippen molar-refractivity contribution in [3.63, 3.8) is 0 Å². The van der Waals surface area contributed by atoms with E-state index >= 15 is 0 Å². The van der Waals surface area contributed by atoms with Gasteiger partial charge in [-0.3, -0.25) is 0 Å². The summed E-state index contributed by atoms with van der Waals surface area (Å²) < 4.78 is 5.31. The Morgan fingerprint density at radius 1 is 1.35 bits per heavy atom. The smallest absolute Gasteiger partial charge is 0.336 e. The van der Waals surface area contributed by atoms with Gasteiger partial charge in [-0.1, -0.05) is 32.0 Å². The number of benzene rings is 1. The number of rotatable bonds is 3. The number of aromatic nitrogens is 1. The molecule has 0 saturated carbocycles. The average Bonchev–Trinajstić information content (AvgIpc) is 2.77. The summed E-state index contributed by atoms with van der Waals surface area (Å²) in [7, 11) is 0. The molecule has 1 aromatic carbocycles. The topological polar surface area (TPSA) is 63.3 Å². The van der Waals surface area contributed by atoms with Crippen molar-refractivity contribution in [3.05, 3.63) is 42.0 Å². The van der Waals surface area contributed by atoms with E-state index in [1.54, 1.807) is 24.3 Å². The largest absolute Gasteiger partial charge is 0.478 e. The van der Waals surface area contributed by atoms with Crippen LogP contribution in [0.2, 0.25) is 0 Å². The van der Waals surface area contributed by atoms with Gasteiger partial charge in [-0.2, -0.15) is 0 Å². The molecule has 0 saturated heterocycles. The highest BCUT2D eigenvalue weighted by molar-refractivity contribution is 5.95. The lowest BCUT2D eigenvalue weighted by Gasteiger charge is -2.06. The van der Waals surface area contributed by atoms with Crippen molar-refractivity contribution in [2.45, 2.75) is 19.8 Å². The van der Waals surface area contributed by atoms with Crippen LogP contribution in [0.3, 0.4) is 0 Å². The lowest BCUT2D eigenvalue weighted by atomic mass is 10.00. The quantitative estimate of drug-likeness (QED) is 0.881. The molecule has 1 N–H and O–H groups in total. The Hall–Kier alpha value is -2.10. The summed E-state index contributed by atoms with van der Waals surface area (Å²) in [6, 6.07) is 6.80. The van der Waals surface area contributed by atoms with Gasteiger partial charge in [0.25, 0.3) is 0 Å². The number of oxazole rings is 1. The Balaban J connectivity index is 2.60. The first-order valence-electron chi connectivity index (χ1n) is 5.37. The maximum atomic E-state index is 11.1. The zero-order valence-corrected chi connectivity index (χ0v) is 9.68. The third kappa shape index (κ3) is 2.06. The molecule has 0 aliphatic carbocycles. The van der Waals surface area contributed by atoms with E-state index in [0.29, 0.717) is 17.0 Å². The van der Waals surface area contributed by atoms with Crippen LogP contribution in [-0.2, 0) is 0 Å². The first-order chi connectivity index (χ1) is 8.11. The average molecular weight is 231 g/mol. The molecule has 2 rings (SSSR count). The molecule has 1 aromatic heterocycles. The third-order valence-corrected chi connectivity index (χ3v) is 2.53. The van der Waals surface area contributed by atoms with E-state index in [-0.39, 0.29) is 11.5 Å². The summed E-state index contributed by atoms with van der Waals surface area (Å²) in [6.45, 7) is 3.96. The summed E-state index contributed by atoms with van der Waals surface area (Å²) >= 11 is 0. The molecule has 88 valence electrons. The Labute approximate surface area is 98.9 Å². The summed E-state index contributed by atoms with van der Waals surface area (Å²) in [5.74, 6) is -0.0913. The molecule has 17 heavy (non-hydrogen) atoms. The minimum Gasteiger partial charge on any atom is -0.478 e. The van der Waals surface area contributed by atoms with Crippen LogP contribution in [0.5, 0.6) is 0 Å². The van der Waals surface area contributed by atoms with Crippen LogP contribution in [0.1, 0.15) is 35.9 Å². The SMILES string of the molecule is CC(C)c1ocnc1-c1ccccc1C(=O)O. The van der Waals surface area contributed by atoms with Crippen molar-refractivity contribution in [2.24, 2.45) is 0 Å². The van der Waals surface area contributed by atoms with Crippen molar-refractivity contribution in [3.8, 4) is 11.3 Å². The number of carbonyl (C=O) groups is 1. The van der Waals surface area contributed by atoms with E-state index in [1.165, 1.54) is 6.39 Å². The Kier molecular flexibility index (Phi) is 2.95. The van der Waals surface area contributed by atoms with Gasteiger partial charge >= 0.3 is 5.97 Å². The summed E-state index contributed by atoms with van der Waals surface area (Å²) in [6.07, 6.45) is 1.35. The van der Waals surface area contributed by atoms with Crippen molar-refractivity contribution in [1.82, 2.24) is 4.98 Å². The molecule has 0 radical (unpaired) electrons. The monoisotopic (exact) mass is 231 g/mol. The van der Waals surface area contributed by atoms with E-state index in [1.807, 2.05) is 13.8 Å². The maximum Gasteiger partial charge on any atom is 0.336 e. The number of carboxylic acid groups (broad SMARTS) is 1. The molecule has 4 heteroatoms. The molecule has 0 aliphatic rings. The predicted molar refractivity (Wildman–Crippen MR) is 63.0 cm³/mol. The van der Waals surface area contributed by atoms with Crippen molar-refractivity contribution in [2.75, 3.05) is 0 Å². The lowest BCUT2D eigenvalue weighted by Crippen LogP contribution is -2.00. The summed E-state index contributed by atoms with van der Waals surface area (Å²) in [5, 5.41) is 9.14. The fraction of sp³-hybridized carbons (Fsp3) is 0.231. The number of aromatic carboxylic acids is 1. The van der Waals surface area contributed by atoms with Gasteiger partial charge in [-0.05, 0) is 6.07 Å². The van der Waals surface area contributed by atoms with E-state index < -0.39 is 5.97 Å². The highest BCUT2D eigenvalue weighted by atomic mass is 16.4. The van der Waals surface area contributed by atoms with Crippen LogP contribution in [0.15, 0.2) is 35.1 Å². The van der Waals surface area contributed by atoms with Crippen LogP contribution in [0.4, 0.5) is 0 Å². The molecular weight excluding hydrogens is 218 g/mol. The van der Waals surface area contributed by atoms with E-state index in [4.69, 9.17) is 9.52 Å². The second-order valence-electron chi connectivity index (χ2n) is 4.07. The highest BCUT2D eigenvalue weighted by Gasteiger charge is 2.18. The van der Waals surface area contributed by atoms with Crippen LogP contribution in [-0.4, -0.2) is 16.1 Å². The molecule has 0 unspecified atom stereocenters. The third-order valence-electron chi connectivity index (χ3n) is 2.53. The minimum atomic E-state index is -0.960. The predicted octanol–water partition coefficient (Wildman–Crippen LogP) is 3.16. The van der Waals surface area contributed by atoms with Gasteiger partial charge in [0.2, 0.25) is 0 Å². The van der Waals surface area contributed by atoms with Crippen molar-refractivity contribution in [1.29, 1.82) is 0 Å². The molecule has 2 aromatic rings. The van der Waals surface area contributed by atoms with Gasteiger partial charge < -0.3 is 9.52 Å². The van der Waals surface area contributed by atoms with Gasteiger partial charge in [0, 0.05) is 11.5 Å². The van der Waals surface area contributed by atoms with Crippen LogP contribution in [0, 0.1) is 0 Å². The summed E-state index contributed by atoms with van der Waals surface area (Å²) in [4.78, 5) is 15.3. The zero-order valence-electron chi connectivity index (χ0n) is 9.68. The highest BCUT2D eigenvalue weighted by Crippen LogP contribution is 2.30. The molecule has 0 bridgehead atoms. The molecule has 0 atom stereocenters. The number of hydrogen-bond acceptors (Lipinski definition) is 3. The van der Waals surface area contributed by atoms with Crippen LogP contribution in [0.25, 0.3) is 11.3 Å². The lowest BCUT2D eigenvalue weighted by molar-refractivity contribution is 0.0697. The van der Waals surface area contributed by atoms with Gasteiger partial charge in [0.05, 0.1) is 5.56 Å². The van der Waals surface area contributed by atoms with E-state index in [0.717, 1.165) is 0 Å². The molecule has 0 spiro atoms. The number of nitrogens with zero attached hydrogens (tertiary/aromatic N) is 1. The summed E-state index contributed by atoms with van der Waals surface area (Å²) in [5.41, 5.74) is 1.44. The van der Waals surface area contributed by atoms with Gasteiger partial charge in [-0.25, -0.2) is 9.78 Å². The Morgan fingerprint density at radius 2 is 2.06 bits per heavy atom. The van der Waals surface area contributed by atoms with Gasteiger partial charge in [0.1, 0.15) is 11.5 Å². The van der Waals surface area contributed by atoms with Crippen LogP contribution < -0.4 is 0 Å². The Bertz CT molecular complexity index is 543. The zero-order chi connectivity index (χ0) is 12.4. The minimum absolute atomic E-state index is 0.161. The molecular formula is C13H13NO3. The fourth-order valence-corrected chi connectivity index (χ4v) is 1.74. The van der Waals surface area contributed by atoms with Crippen LogP contribution >= 0.6 is 0 Å². The maximum absolute atomic E-state index is 11.1. The normalized spacial score (nSPS) is 10.8. The second-order valence-corrected chi connectivity index (χ2v) is 4.07. The standard InChI is InChI=1S/C13H13NO3/c1-8(2)12-11(14-7-17-12)9-5-3-4-6-10(9)13(15)16/h3-8H,1-2H3,(H,15,16). The van der Waals surface area contributed by atoms with Crippen molar-refractivity contribution >= 4 is 5.97 Å². The number of carboxylic acids is 1. The molecule has 0 fully saturated rings. The van der Waals surface area contributed by atoms with Gasteiger partial charge in [0.15, 0.2) is 6.39 Å². The first-order valence-corrected chi connectivity index (χ1v) is 5.37. The van der Waals surface area contributed by atoms with E-state index in [9.17, 15) is 4.79 Å². The van der Waals surface area contributed by atoms with Gasteiger partial charge in [-0.15, -0.1) is 0 Å². The Morgan fingerprint density at radius 3 is 2.71 bits per heavy atom. The second kappa shape index (κ2) is 4.41. The molecule has 0 aliphatic heterocycles. The molecule has 1 heterocycles. The molecule has 0 amide bonds. The molecule has 4 nitrogen and oxygen atoms in total.